The smallest absolute Gasteiger partial charge is 0.139 e. The Hall–Kier alpha value is -1.82. The molecular formula is C9H7FN2. The van der Waals surface area contributed by atoms with Crippen molar-refractivity contribution in [3.05, 3.63) is 35.1 Å². The van der Waals surface area contributed by atoms with Crippen LogP contribution in [0.4, 0.5) is 4.39 Å². The summed E-state index contributed by atoms with van der Waals surface area (Å²) in [5.41, 5.74) is 0.701. The molecule has 0 aromatic heterocycles. The number of nitrogens with zero attached hydrogens (tertiary/aromatic N) is 1. The lowest BCUT2D eigenvalue weighted by Crippen LogP contribution is -1.93. The van der Waals surface area contributed by atoms with Gasteiger partial charge in [-0.25, -0.2) is 4.39 Å². The summed E-state index contributed by atoms with van der Waals surface area (Å²) in [5, 5.41) is 3.27. The van der Waals surface area contributed by atoms with E-state index in [0.29, 0.717) is 5.56 Å². The van der Waals surface area contributed by atoms with Crippen molar-refractivity contribution in [1.82, 2.24) is 0 Å². The molecule has 0 saturated carbocycles. The molecule has 0 radical (unpaired) electrons. The summed E-state index contributed by atoms with van der Waals surface area (Å²) in [6.45, 7) is 0. The first kappa shape index (κ1) is 8.28. The van der Waals surface area contributed by atoms with E-state index in [2.05, 4.69) is 11.0 Å². The minimum Gasteiger partial charge on any atom is -0.323 e. The highest BCUT2D eigenvalue weighted by atomic mass is 19.1. The topological polar surface area (TPSA) is 38.4 Å². The van der Waals surface area contributed by atoms with E-state index in [1.165, 1.54) is 12.3 Å². The molecule has 1 aromatic rings. The summed E-state index contributed by atoms with van der Waals surface area (Å²) in [5.74, 6) is 6.70. The zero-order valence-electron chi connectivity index (χ0n) is 6.29. The molecule has 0 aliphatic carbocycles. The molecule has 0 amide bonds. The number of hydrogen-bond acceptors (Lipinski definition) is 2. The monoisotopic (exact) mass is 162 g/mol. The van der Waals surface area contributed by atoms with E-state index in [1.54, 1.807) is 12.1 Å². The fourth-order valence-electron chi connectivity index (χ4n) is 0.881. The molecule has 2 N–H and O–H groups in total. The van der Waals surface area contributed by atoms with Gasteiger partial charge in [0.25, 0.3) is 0 Å². The van der Waals surface area contributed by atoms with Crippen LogP contribution in [0.1, 0.15) is 11.1 Å². The van der Waals surface area contributed by atoms with Gasteiger partial charge in [0.05, 0.1) is 11.8 Å². The Morgan fingerprint density at radius 3 is 2.92 bits per heavy atom. The molecule has 0 aliphatic heterocycles. The zero-order chi connectivity index (χ0) is 8.97. The summed E-state index contributed by atoms with van der Waals surface area (Å²) in [6.07, 6.45) is 6.41. The fraction of sp³-hybridized carbons (Fsp3) is 0. The Morgan fingerprint density at radius 1 is 1.58 bits per heavy atom. The first-order valence-electron chi connectivity index (χ1n) is 3.28. The lowest BCUT2D eigenvalue weighted by atomic mass is 10.1. The molecule has 0 unspecified atom stereocenters. The van der Waals surface area contributed by atoms with Crippen LogP contribution < -0.4 is 5.84 Å². The third kappa shape index (κ3) is 1.43. The van der Waals surface area contributed by atoms with Gasteiger partial charge in [0.2, 0.25) is 0 Å². The van der Waals surface area contributed by atoms with Gasteiger partial charge in [-0.1, -0.05) is 18.1 Å². The van der Waals surface area contributed by atoms with E-state index in [0.717, 1.165) is 0 Å². The Labute approximate surface area is 69.9 Å². The molecule has 3 heteroatoms. The normalized spacial score (nSPS) is 10.0. The fourth-order valence-corrected chi connectivity index (χ4v) is 0.881. The van der Waals surface area contributed by atoms with Crippen molar-refractivity contribution in [2.45, 2.75) is 0 Å². The van der Waals surface area contributed by atoms with E-state index < -0.39 is 5.82 Å². The molecule has 1 aromatic carbocycles. The summed E-state index contributed by atoms with van der Waals surface area (Å²) >= 11 is 0. The van der Waals surface area contributed by atoms with Gasteiger partial charge in [0, 0.05) is 5.56 Å². The largest absolute Gasteiger partial charge is 0.323 e. The Bertz CT molecular complexity index is 350. The first-order chi connectivity index (χ1) is 5.79. The van der Waals surface area contributed by atoms with Crippen LogP contribution in [-0.2, 0) is 0 Å². The van der Waals surface area contributed by atoms with Gasteiger partial charge in [-0.2, -0.15) is 5.10 Å². The molecule has 12 heavy (non-hydrogen) atoms. The summed E-state index contributed by atoms with van der Waals surface area (Å²) in [7, 11) is 0. The van der Waals surface area contributed by atoms with Crippen LogP contribution in [0.2, 0.25) is 0 Å². The highest BCUT2D eigenvalue weighted by Crippen LogP contribution is 2.09. The second kappa shape index (κ2) is 3.54. The van der Waals surface area contributed by atoms with Crippen molar-refractivity contribution in [2.24, 2.45) is 10.9 Å². The van der Waals surface area contributed by atoms with E-state index >= 15 is 0 Å². The summed E-state index contributed by atoms with van der Waals surface area (Å²) in [6, 6.07) is 4.49. The van der Waals surface area contributed by atoms with Gasteiger partial charge >= 0.3 is 0 Å². The van der Waals surface area contributed by atoms with Crippen LogP contribution in [0.5, 0.6) is 0 Å². The second-order valence-corrected chi connectivity index (χ2v) is 2.13. The number of hydrazone groups is 1. The van der Waals surface area contributed by atoms with Crippen LogP contribution >= 0.6 is 0 Å². The molecular weight excluding hydrogens is 155 g/mol. The lowest BCUT2D eigenvalue weighted by molar-refractivity contribution is 0.624. The minimum atomic E-state index is -0.435. The lowest BCUT2D eigenvalue weighted by Gasteiger charge is -1.97. The van der Waals surface area contributed by atoms with Crippen molar-refractivity contribution < 1.29 is 4.39 Å². The maximum Gasteiger partial charge on any atom is 0.139 e. The van der Waals surface area contributed by atoms with Crippen molar-refractivity contribution >= 4 is 6.21 Å². The van der Waals surface area contributed by atoms with Crippen molar-refractivity contribution in [1.29, 1.82) is 0 Å². The Kier molecular flexibility index (Phi) is 2.44. The van der Waals surface area contributed by atoms with Gasteiger partial charge in [0.1, 0.15) is 5.82 Å². The van der Waals surface area contributed by atoms with Gasteiger partial charge in [0.15, 0.2) is 0 Å². The molecule has 0 aliphatic rings. The van der Waals surface area contributed by atoms with Crippen molar-refractivity contribution in [2.75, 3.05) is 0 Å². The third-order valence-electron chi connectivity index (χ3n) is 1.40. The number of halogens is 1. The van der Waals surface area contributed by atoms with Crippen LogP contribution in [0.15, 0.2) is 23.3 Å². The zero-order valence-corrected chi connectivity index (χ0v) is 6.29. The van der Waals surface area contributed by atoms with E-state index in [4.69, 9.17) is 12.3 Å². The van der Waals surface area contributed by atoms with Gasteiger partial charge in [-0.05, 0) is 6.07 Å². The third-order valence-corrected chi connectivity index (χ3v) is 1.40. The molecule has 2 nitrogen and oxygen atoms in total. The van der Waals surface area contributed by atoms with Crippen LogP contribution in [0.25, 0.3) is 0 Å². The average molecular weight is 162 g/mol. The maximum atomic E-state index is 12.9. The molecule has 0 spiro atoms. The number of benzene rings is 1. The van der Waals surface area contributed by atoms with Gasteiger partial charge in [-0.3, -0.25) is 0 Å². The van der Waals surface area contributed by atoms with E-state index in [1.807, 2.05) is 0 Å². The van der Waals surface area contributed by atoms with Crippen molar-refractivity contribution in [3.63, 3.8) is 0 Å². The molecule has 60 valence electrons. The number of hydrogen-bond donors (Lipinski definition) is 1. The second-order valence-electron chi connectivity index (χ2n) is 2.13. The van der Waals surface area contributed by atoms with Crippen molar-refractivity contribution in [3.8, 4) is 12.3 Å². The van der Waals surface area contributed by atoms with Crippen LogP contribution in [0.3, 0.4) is 0 Å². The Balaban J connectivity index is 3.30. The number of rotatable bonds is 1. The molecule has 0 bridgehead atoms. The van der Waals surface area contributed by atoms with Crippen LogP contribution in [-0.4, -0.2) is 6.21 Å². The first-order valence-corrected chi connectivity index (χ1v) is 3.28. The molecule has 0 heterocycles. The predicted octanol–water partition coefficient (Wildman–Crippen LogP) is 1.10. The SMILES string of the molecule is C#Cc1c(F)cccc1C=NN. The molecule has 0 atom stereocenters. The molecule has 0 fully saturated rings. The standard InChI is InChI=1S/C9H7FN2/c1-2-8-7(6-12-11)4-3-5-9(8)10/h1,3-6H,11H2. The number of terminal acetylenes is 1. The molecule has 1 rings (SSSR count). The highest BCUT2D eigenvalue weighted by Gasteiger charge is 2.02. The number of nitrogens with two attached hydrogens (primary N) is 1. The van der Waals surface area contributed by atoms with E-state index in [9.17, 15) is 4.39 Å². The van der Waals surface area contributed by atoms with Gasteiger partial charge < -0.3 is 5.84 Å². The Morgan fingerprint density at radius 2 is 2.33 bits per heavy atom. The van der Waals surface area contributed by atoms with Gasteiger partial charge in [-0.15, -0.1) is 6.42 Å². The van der Waals surface area contributed by atoms with Crippen LogP contribution in [0, 0.1) is 18.2 Å². The minimum absolute atomic E-state index is 0.187. The average Bonchev–Trinajstić information content (AvgIpc) is 2.05. The quantitative estimate of drug-likeness (QED) is 0.285. The predicted molar refractivity (Wildman–Crippen MR) is 46.1 cm³/mol. The summed E-state index contributed by atoms with van der Waals surface area (Å²) in [4.78, 5) is 0. The molecule has 0 saturated heterocycles. The van der Waals surface area contributed by atoms with E-state index in [-0.39, 0.29) is 5.56 Å². The maximum absolute atomic E-state index is 12.9. The summed E-state index contributed by atoms with van der Waals surface area (Å²) < 4.78 is 12.9. The highest BCUT2D eigenvalue weighted by molar-refractivity contribution is 5.83.